The summed E-state index contributed by atoms with van der Waals surface area (Å²) in [6, 6.07) is 6.02. The molecule has 4 rings (SSSR count). The minimum Gasteiger partial charge on any atom is -0.733 e. The van der Waals surface area contributed by atoms with Gasteiger partial charge in [0.2, 0.25) is 5.95 Å². The maximum Gasteiger partial charge on any atom is 0.228 e. The van der Waals surface area contributed by atoms with E-state index in [0.717, 1.165) is 0 Å². The summed E-state index contributed by atoms with van der Waals surface area (Å²) >= 11 is 0. The van der Waals surface area contributed by atoms with E-state index in [2.05, 4.69) is 25.5 Å². The zero-order valence-electron chi connectivity index (χ0n) is 15.8. The zero-order chi connectivity index (χ0) is 22.1. The van der Waals surface area contributed by atoms with Crippen LogP contribution in [-0.2, 0) is 4.74 Å². The molecule has 1 saturated heterocycles. The molecule has 1 aliphatic rings. The Kier molecular flexibility index (Phi) is 5.64. The second-order valence-corrected chi connectivity index (χ2v) is 6.70. The van der Waals surface area contributed by atoms with E-state index in [0.29, 0.717) is 5.56 Å². The second kappa shape index (κ2) is 8.38. The van der Waals surface area contributed by atoms with Crippen molar-refractivity contribution in [2.45, 2.75) is 24.5 Å². The molecule has 0 saturated carbocycles. The maximum atomic E-state index is 11.0. The second-order valence-electron chi connectivity index (χ2n) is 6.70. The number of nitrogens with two attached hydrogens (primary N) is 1. The lowest BCUT2D eigenvalue weighted by Gasteiger charge is -2.21. The summed E-state index contributed by atoms with van der Waals surface area (Å²) in [5.41, 5.74) is 9.49. The topological polar surface area (TPSA) is 210 Å². The Bertz CT molecular complexity index is 1110. The van der Waals surface area contributed by atoms with Crippen LogP contribution >= 0.6 is 0 Å². The van der Waals surface area contributed by atoms with Crippen LogP contribution in [0.5, 0.6) is 0 Å². The largest absolute Gasteiger partial charge is 0.733 e. The lowest BCUT2D eigenvalue weighted by atomic mass is 10.1. The van der Waals surface area contributed by atoms with E-state index in [-0.39, 0.29) is 33.8 Å². The van der Waals surface area contributed by atoms with E-state index in [1.54, 1.807) is 12.1 Å². The van der Waals surface area contributed by atoms with Gasteiger partial charge in [0.15, 0.2) is 23.2 Å². The first-order valence-electron chi connectivity index (χ1n) is 9.07. The molecule has 1 aliphatic heterocycles. The summed E-state index contributed by atoms with van der Waals surface area (Å²) in [4.78, 5) is 12.3. The van der Waals surface area contributed by atoms with E-state index in [1.807, 2.05) is 0 Å². The number of benzene rings is 1. The van der Waals surface area contributed by atoms with E-state index < -0.39 is 31.1 Å². The molecule has 3 heterocycles. The molecule has 0 unspecified atom stereocenters. The highest BCUT2D eigenvalue weighted by molar-refractivity contribution is 5.85. The van der Waals surface area contributed by atoms with Crippen molar-refractivity contribution in [3.05, 3.63) is 41.4 Å². The van der Waals surface area contributed by atoms with Crippen molar-refractivity contribution in [3.63, 3.8) is 0 Å². The molecule has 0 amide bonds. The summed E-state index contributed by atoms with van der Waals surface area (Å²) in [5.74, 6) is 0.144. The Morgan fingerprint density at radius 2 is 2.13 bits per heavy atom. The molecule has 1 fully saturated rings. The van der Waals surface area contributed by atoms with Crippen molar-refractivity contribution in [1.82, 2.24) is 19.5 Å². The van der Waals surface area contributed by atoms with Gasteiger partial charge in [0.05, 0.1) is 18.5 Å². The predicted octanol–water partition coefficient (Wildman–Crippen LogP) is -0.841. The third-order valence-corrected chi connectivity index (χ3v) is 4.75. The molecule has 7 N–H and O–H groups in total. The number of nitrogen functional groups attached to an aromatic ring is 1. The van der Waals surface area contributed by atoms with Gasteiger partial charge in [-0.2, -0.15) is 5.10 Å². The summed E-state index contributed by atoms with van der Waals surface area (Å²) in [6.45, 7) is -0.503. The van der Waals surface area contributed by atoms with Crippen LogP contribution in [0.15, 0.2) is 35.7 Å². The Balaban J connectivity index is 1.69. The lowest BCUT2D eigenvalue weighted by molar-refractivity contribution is -0.0501. The Labute approximate surface area is 174 Å². The van der Waals surface area contributed by atoms with Crippen molar-refractivity contribution < 1.29 is 25.3 Å². The van der Waals surface area contributed by atoms with Crippen LogP contribution in [0, 0.1) is 5.21 Å². The molecule has 0 spiro atoms. The summed E-state index contributed by atoms with van der Waals surface area (Å²) in [5, 5.41) is 53.7. The molecule has 31 heavy (non-hydrogen) atoms. The monoisotopic (exact) mass is 431 g/mol. The molecule has 164 valence electrons. The maximum absolute atomic E-state index is 11.0. The zero-order valence-corrected chi connectivity index (χ0v) is 15.8. The van der Waals surface area contributed by atoms with Crippen LogP contribution in [0.2, 0.25) is 0 Å². The van der Waals surface area contributed by atoms with Crippen LogP contribution in [0.3, 0.4) is 0 Å². The van der Waals surface area contributed by atoms with E-state index >= 15 is 0 Å². The van der Waals surface area contributed by atoms with Gasteiger partial charge < -0.3 is 36.2 Å². The van der Waals surface area contributed by atoms with Crippen molar-refractivity contribution in [2.75, 3.05) is 23.0 Å². The molecule has 4 atom stereocenters. The number of fused-ring (bicyclic) bond motifs is 1. The van der Waals surface area contributed by atoms with Gasteiger partial charge in [-0.15, -0.1) is 0 Å². The first kappa shape index (κ1) is 20.9. The quantitative estimate of drug-likeness (QED) is 0.208. The van der Waals surface area contributed by atoms with Crippen molar-refractivity contribution >= 4 is 34.8 Å². The fourth-order valence-electron chi connectivity index (χ4n) is 3.23. The van der Waals surface area contributed by atoms with Crippen LogP contribution in [0.1, 0.15) is 11.8 Å². The minimum atomic E-state index is -1.39. The number of anilines is 3. The molecule has 0 radical (unpaired) electrons. The smallest absolute Gasteiger partial charge is 0.228 e. The van der Waals surface area contributed by atoms with E-state index in [1.165, 1.54) is 29.2 Å². The highest BCUT2D eigenvalue weighted by Crippen LogP contribution is 2.35. The van der Waals surface area contributed by atoms with Crippen molar-refractivity contribution in [1.29, 1.82) is 0 Å². The molecular weight excluding hydrogens is 412 g/mol. The van der Waals surface area contributed by atoms with Gasteiger partial charge in [0.1, 0.15) is 24.6 Å². The van der Waals surface area contributed by atoms with E-state index in [9.17, 15) is 20.5 Å². The van der Waals surface area contributed by atoms with Gasteiger partial charge in [-0.25, -0.2) is 20.4 Å². The molecular formula is C17H19N8O6-. The minimum absolute atomic E-state index is 0.0192. The molecule has 3 aromatic rings. The molecule has 14 heteroatoms. The van der Waals surface area contributed by atoms with Gasteiger partial charge in [-0.3, -0.25) is 9.77 Å². The Morgan fingerprint density at radius 3 is 2.84 bits per heavy atom. The molecule has 0 bridgehead atoms. The standard InChI is InChI=1S/C17H19N8O6/c18-14-11-15(20-7-19-14)24(16-13(28)12(27)10(6-26)31-16)17(22-11)23-21-5-8-2-1-3-9(4-8)25(29)30/h1-5,7,10,12-13,16,26-29H,6H2,(H,22,23)(H2,18,19,20)/q-1/t10-,12-,13-,16+/m1/s1. The Morgan fingerprint density at radius 1 is 1.32 bits per heavy atom. The number of nitrogens with one attached hydrogen (secondary N) is 1. The normalized spacial score (nSPS) is 23.6. The van der Waals surface area contributed by atoms with Gasteiger partial charge in [-0.1, -0.05) is 12.1 Å². The fourth-order valence-corrected chi connectivity index (χ4v) is 3.23. The number of hydrogen-bond acceptors (Lipinski definition) is 13. The molecule has 2 aromatic heterocycles. The van der Waals surface area contributed by atoms with Crippen molar-refractivity contribution in [2.24, 2.45) is 5.10 Å². The molecule has 0 aliphatic carbocycles. The lowest BCUT2D eigenvalue weighted by Crippen LogP contribution is -2.33. The number of ether oxygens (including phenoxy) is 1. The molecule has 14 nitrogen and oxygen atoms in total. The molecule has 1 aromatic carbocycles. The fraction of sp³-hybridized carbons (Fsp3) is 0.294. The predicted molar refractivity (Wildman–Crippen MR) is 108 cm³/mol. The summed E-state index contributed by atoms with van der Waals surface area (Å²) in [6.07, 6.45) is -2.30. The number of hydrazone groups is 1. The SMILES string of the molecule is Nc1ncnc2c1nc(NN=Cc1cccc(N([O-])O)c1)n2[C@H]1O[C@H](CO)[C@@H](O)[C@H]1O. The average Bonchev–Trinajstić information content (AvgIpc) is 3.26. The third kappa shape index (κ3) is 3.86. The van der Waals surface area contributed by atoms with Gasteiger partial charge >= 0.3 is 0 Å². The number of nitrogens with zero attached hydrogens (tertiary/aromatic N) is 6. The first-order valence-corrected chi connectivity index (χ1v) is 9.07. The van der Waals surface area contributed by atoms with Crippen LogP contribution < -0.4 is 16.4 Å². The van der Waals surface area contributed by atoms with Crippen LogP contribution in [0.4, 0.5) is 17.5 Å². The van der Waals surface area contributed by atoms with E-state index in [4.69, 9.17) is 15.7 Å². The summed E-state index contributed by atoms with van der Waals surface area (Å²) in [7, 11) is 0. The average molecular weight is 431 g/mol. The van der Waals surface area contributed by atoms with Crippen LogP contribution in [-0.4, -0.2) is 71.2 Å². The Hall–Kier alpha value is -3.40. The van der Waals surface area contributed by atoms with Gasteiger partial charge in [0.25, 0.3) is 0 Å². The number of aliphatic hydroxyl groups is 3. The van der Waals surface area contributed by atoms with Crippen molar-refractivity contribution in [3.8, 4) is 0 Å². The number of aromatic nitrogens is 4. The highest BCUT2D eigenvalue weighted by Gasteiger charge is 2.45. The number of rotatable bonds is 6. The van der Waals surface area contributed by atoms with Gasteiger partial charge in [-0.05, 0) is 17.7 Å². The number of hydrogen-bond donors (Lipinski definition) is 6. The third-order valence-electron chi connectivity index (χ3n) is 4.75. The highest BCUT2D eigenvalue weighted by atomic mass is 16.8. The number of aliphatic hydroxyl groups excluding tert-OH is 3. The summed E-state index contributed by atoms with van der Waals surface area (Å²) < 4.78 is 6.93. The first-order chi connectivity index (χ1) is 14.9. The number of imidazole rings is 1. The van der Waals surface area contributed by atoms with Gasteiger partial charge in [0, 0.05) is 0 Å². The van der Waals surface area contributed by atoms with Crippen LogP contribution in [0.25, 0.3) is 11.2 Å².